The molecule has 1 atom stereocenters. The summed E-state index contributed by atoms with van der Waals surface area (Å²) in [7, 11) is 1.37. The van der Waals surface area contributed by atoms with Gasteiger partial charge in [0.1, 0.15) is 11.3 Å². The summed E-state index contributed by atoms with van der Waals surface area (Å²) < 4.78 is 9.88. The Bertz CT molecular complexity index is 387. The summed E-state index contributed by atoms with van der Waals surface area (Å²) in [5.41, 5.74) is 5.01. The smallest absolute Gasteiger partial charge is 0.325 e. The van der Waals surface area contributed by atoms with Crippen molar-refractivity contribution < 1.29 is 13.9 Å². The van der Waals surface area contributed by atoms with E-state index in [1.165, 1.54) is 12.0 Å². The normalized spacial score (nSPS) is 14.2. The minimum Gasteiger partial charge on any atom is -0.468 e. The van der Waals surface area contributed by atoms with Crippen LogP contribution in [-0.2, 0) is 9.53 Å². The number of hydrogen-bond acceptors (Lipinski definition) is 5. The summed E-state index contributed by atoms with van der Waals surface area (Å²) >= 11 is 1.77. The van der Waals surface area contributed by atoms with Crippen molar-refractivity contribution in [2.24, 2.45) is 5.73 Å². The summed E-state index contributed by atoms with van der Waals surface area (Å²) in [5, 5.41) is 0. The minimum atomic E-state index is -0.870. The topological polar surface area (TPSA) is 65.5 Å². The first-order chi connectivity index (χ1) is 8.47. The molecule has 0 bridgehead atoms. The van der Waals surface area contributed by atoms with E-state index in [2.05, 4.69) is 4.74 Å². The van der Waals surface area contributed by atoms with Crippen LogP contribution in [0.3, 0.4) is 0 Å². The van der Waals surface area contributed by atoms with Crippen molar-refractivity contribution in [1.82, 2.24) is 0 Å². The van der Waals surface area contributed by atoms with E-state index in [-0.39, 0.29) is 5.97 Å². The Morgan fingerprint density at radius 2 is 2.28 bits per heavy atom. The van der Waals surface area contributed by atoms with Crippen LogP contribution in [0.4, 0.5) is 0 Å². The Balaban J connectivity index is 2.19. The predicted octanol–water partition coefficient (Wildman–Crippen LogP) is 2.74. The first kappa shape index (κ1) is 15.1. The van der Waals surface area contributed by atoms with Gasteiger partial charge < -0.3 is 14.9 Å². The van der Waals surface area contributed by atoms with E-state index in [9.17, 15) is 4.79 Å². The van der Waals surface area contributed by atoms with Crippen molar-refractivity contribution >= 4 is 17.7 Å². The van der Waals surface area contributed by atoms with Crippen molar-refractivity contribution in [3.05, 3.63) is 18.1 Å². The van der Waals surface area contributed by atoms with E-state index in [0.29, 0.717) is 6.42 Å². The minimum absolute atomic E-state index is 0.346. The summed E-state index contributed by atoms with van der Waals surface area (Å²) in [4.78, 5) is 12.5. The molecule has 1 aromatic heterocycles. The number of thioether (sulfide) groups is 1. The molecule has 0 amide bonds. The van der Waals surface area contributed by atoms with Gasteiger partial charge in [-0.1, -0.05) is 6.42 Å². The lowest BCUT2D eigenvalue weighted by Gasteiger charge is -2.20. The second kappa shape index (κ2) is 6.85. The van der Waals surface area contributed by atoms with E-state index < -0.39 is 5.54 Å². The maximum atomic E-state index is 11.4. The van der Waals surface area contributed by atoms with Gasteiger partial charge in [-0.05, 0) is 38.5 Å². The third-order valence-electron chi connectivity index (χ3n) is 2.81. The Kier molecular flexibility index (Phi) is 5.75. The molecule has 5 heteroatoms. The molecule has 0 aliphatic carbocycles. The standard InChI is InChI=1S/C13H21NO3S/c1-10-11(6-8-17-10)18-9-5-4-7-13(2,14)12(15)16-3/h6,8H,4-5,7,9,14H2,1-3H3. The van der Waals surface area contributed by atoms with Gasteiger partial charge in [0, 0.05) is 4.90 Å². The quantitative estimate of drug-likeness (QED) is 0.469. The number of nitrogens with two attached hydrogens (primary N) is 1. The summed E-state index contributed by atoms with van der Waals surface area (Å²) in [6.45, 7) is 3.67. The van der Waals surface area contributed by atoms with Gasteiger partial charge in [0.05, 0.1) is 13.4 Å². The van der Waals surface area contributed by atoms with Gasteiger partial charge in [-0.2, -0.15) is 0 Å². The highest BCUT2D eigenvalue weighted by atomic mass is 32.2. The van der Waals surface area contributed by atoms with Gasteiger partial charge in [-0.15, -0.1) is 11.8 Å². The first-order valence-corrected chi connectivity index (χ1v) is 7.00. The number of aryl methyl sites for hydroxylation is 1. The van der Waals surface area contributed by atoms with Crippen LogP contribution in [0.15, 0.2) is 21.6 Å². The molecule has 2 N–H and O–H groups in total. The van der Waals surface area contributed by atoms with E-state index in [1.807, 2.05) is 13.0 Å². The van der Waals surface area contributed by atoms with Gasteiger partial charge in [0.2, 0.25) is 0 Å². The fraction of sp³-hybridized carbons (Fsp3) is 0.615. The lowest BCUT2D eigenvalue weighted by atomic mass is 9.97. The number of unbranched alkanes of at least 4 members (excludes halogenated alkanes) is 1. The Morgan fingerprint density at radius 1 is 1.56 bits per heavy atom. The SMILES string of the molecule is COC(=O)C(C)(N)CCCCSc1ccoc1C. The Labute approximate surface area is 112 Å². The Morgan fingerprint density at radius 3 is 2.83 bits per heavy atom. The molecule has 102 valence electrons. The molecule has 1 unspecified atom stereocenters. The van der Waals surface area contributed by atoms with Gasteiger partial charge >= 0.3 is 5.97 Å². The average molecular weight is 271 g/mol. The van der Waals surface area contributed by atoms with E-state index >= 15 is 0 Å². The van der Waals surface area contributed by atoms with Crippen molar-refractivity contribution in [3.8, 4) is 0 Å². The number of carbonyl (C=O) groups excluding carboxylic acids is 1. The summed E-state index contributed by atoms with van der Waals surface area (Å²) in [6.07, 6.45) is 4.27. The maximum Gasteiger partial charge on any atom is 0.325 e. The highest BCUT2D eigenvalue weighted by Crippen LogP contribution is 2.24. The molecule has 0 aliphatic rings. The number of carbonyl (C=O) groups is 1. The predicted molar refractivity (Wildman–Crippen MR) is 72.6 cm³/mol. The van der Waals surface area contributed by atoms with Crippen molar-refractivity contribution in [3.63, 3.8) is 0 Å². The molecule has 18 heavy (non-hydrogen) atoms. The average Bonchev–Trinajstić information content (AvgIpc) is 2.73. The van der Waals surface area contributed by atoms with Crippen LogP contribution in [0.5, 0.6) is 0 Å². The molecule has 0 saturated heterocycles. The van der Waals surface area contributed by atoms with Gasteiger partial charge in [0.25, 0.3) is 0 Å². The van der Waals surface area contributed by atoms with Gasteiger partial charge in [-0.25, -0.2) is 0 Å². The van der Waals surface area contributed by atoms with Crippen molar-refractivity contribution in [1.29, 1.82) is 0 Å². The molecule has 0 spiro atoms. The van der Waals surface area contributed by atoms with Crippen molar-refractivity contribution in [2.45, 2.75) is 43.5 Å². The molecule has 0 fully saturated rings. The highest BCUT2D eigenvalue weighted by Gasteiger charge is 2.28. The fourth-order valence-electron chi connectivity index (χ4n) is 1.63. The van der Waals surface area contributed by atoms with Crippen LogP contribution in [0.2, 0.25) is 0 Å². The fourth-order valence-corrected chi connectivity index (χ4v) is 2.61. The number of hydrogen-bond donors (Lipinski definition) is 1. The third-order valence-corrected chi connectivity index (χ3v) is 4.04. The van der Waals surface area contributed by atoms with E-state index in [0.717, 1.165) is 24.4 Å². The number of rotatable bonds is 7. The third kappa shape index (κ3) is 4.38. The number of furan rings is 1. The molecule has 4 nitrogen and oxygen atoms in total. The number of esters is 1. The molecule has 1 heterocycles. The maximum absolute atomic E-state index is 11.4. The lowest BCUT2D eigenvalue weighted by molar-refractivity contribution is -0.146. The zero-order valence-electron chi connectivity index (χ0n) is 11.2. The number of ether oxygens (including phenoxy) is 1. The van der Waals surface area contributed by atoms with E-state index in [4.69, 9.17) is 10.2 Å². The van der Waals surface area contributed by atoms with Crippen LogP contribution >= 0.6 is 11.8 Å². The molecule has 0 radical (unpaired) electrons. The molecule has 0 aliphatic heterocycles. The second-order valence-electron chi connectivity index (χ2n) is 4.56. The molecular weight excluding hydrogens is 250 g/mol. The van der Waals surface area contributed by atoms with Crippen LogP contribution in [0.25, 0.3) is 0 Å². The first-order valence-electron chi connectivity index (χ1n) is 6.01. The van der Waals surface area contributed by atoms with E-state index in [1.54, 1.807) is 24.9 Å². The monoisotopic (exact) mass is 271 g/mol. The summed E-state index contributed by atoms with van der Waals surface area (Å²) in [6, 6.07) is 1.97. The lowest BCUT2D eigenvalue weighted by Crippen LogP contribution is -2.45. The number of methoxy groups -OCH3 is 1. The second-order valence-corrected chi connectivity index (χ2v) is 5.69. The zero-order valence-corrected chi connectivity index (χ0v) is 12.0. The van der Waals surface area contributed by atoms with Gasteiger partial charge in [0.15, 0.2) is 0 Å². The molecule has 0 saturated carbocycles. The van der Waals surface area contributed by atoms with Crippen LogP contribution in [0.1, 0.15) is 31.9 Å². The molecule has 1 rings (SSSR count). The van der Waals surface area contributed by atoms with Crippen LogP contribution in [-0.4, -0.2) is 24.4 Å². The molecular formula is C13H21NO3S. The highest BCUT2D eigenvalue weighted by molar-refractivity contribution is 7.99. The zero-order chi connectivity index (χ0) is 13.6. The van der Waals surface area contributed by atoms with Crippen molar-refractivity contribution in [2.75, 3.05) is 12.9 Å². The van der Waals surface area contributed by atoms with Crippen LogP contribution < -0.4 is 5.73 Å². The molecule has 1 aromatic rings. The largest absolute Gasteiger partial charge is 0.468 e. The van der Waals surface area contributed by atoms with Crippen LogP contribution in [0, 0.1) is 6.92 Å². The summed E-state index contributed by atoms with van der Waals surface area (Å²) in [5.74, 6) is 1.61. The molecule has 0 aromatic carbocycles. The van der Waals surface area contributed by atoms with Gasteiger partial charge in [-0.3, -0.25) is 4.79 Å². The Hall–Kier alpha value is -0.940.